The summed E-state index contributed by atoms with van der Waals surface area (Å²) < 4.78 is 11.4. The average molecular weight is 400 g/mol. The van der Waals surface area contributed by atoms with Gasteiger partial charge in [-0.05, 0) is 44.0 Å². The molecular formula is C19H30BrNO3. The second-order valence-corrected chi connectivity index (χ2v) is 6.85. The number of nitrogens with one attached hydrogen (secondary N) is 1. The second kappa shape index (κ2) is 11.5. The Kier molecular flexibility index (Phi) is 10.0. The molecular weight excluding hydrogens is 370 g/mol. The van der Waals surface area contributed by atoms with Crippen LogP contribution in [0.5, 0.6) is 5.75 Å². The van der Waals surface area contributed by atoms with Crippen molar-refractivity contribution in [2.75, 3.05) is 23.9 Å². The number of anilines is 1. The molecule has 1 N–H and O–H groups in total. The lowest BCUT2D eigenvalue weighted by molar-refractivity contribution is -0.140. The zero-order valence-electron chi connectivity index (χ0n) is 15.1. The van der Waals surface area contributed by atoms with Crippen LogP contribution in [0.25, 0.3) is 0 Å². The summed E-state index contributed by atoms with van der Waals surface area (Å²) in [4.78, 5) is 12.7. The predicted molar refractivity (Wildman–Crippen MR) is 103 cm³/mol. The lowest BCUT2D eigenvalue weighted by Crippen LogP contribution is -2.43. The Balaban J connectivity index is 2.68. The number of halogens is 1. The molecule has 0 saturated heterocycles. The Labute approximate surface area is 154 Å². The van der Waals surface area contributed by atoms with Gasteiger partial charge in [0.1, 0.15) is 11.4 Å². The Morgan fingerprint density at radius 1 is 1.12 bits per heavy atom. The maximum atomic E-state index is 12.7. The molecule has 0 aliphatic heterocycles. The van der Waals surface area contributed by atoms with Crippen molar-refractivity contribution in [2.24, 2.45) is 0 Å². The maximum Gasteiger partial charge on any atom is 0.256 e. The minimum Gasteiger partial charge on any atom is -0.493 e. The molecule has 0 spiro atoms. The summed E-state index contributed by atoms with van der Waals surface area (Å²) in [5.41, 5.74) is -0.0240. The van der Waals surface area contributed by atoms with Gasteiger partial charge in [0.2, 0.25) is 0 Å². The zero-order valence-corrected chi connectivity index (χ0v) is 16.7. The molecule has 1 aromatic rings. The number of hydrogen-bond donors (Lipinski definition) is 1. The second-order valence-electron chi connectivity index (χ2n) is 6.05. The lowest BCUT2D eigenvalue weighted by atomic mass is 9.96. The average Bonchev–Trinajstić information content (AvgIpc) is 2.59. The minimum atomic E-state index is -0.781. The molecule has 4 nitrogen and oxygen atoms in total. The Morgan fingerprint density at radius 2 is 1.83 bits per heavy atom. The summed E-state index contributed by atoms with van der Waals surface area (Å²) in [6, 6.07) is 7.43. The first-order valence-corrected chi connectivity index (χ1v) is 9.92. The number of ether oxygens (including phenoxy) is 2. The molecule has 1 unspecified atom stereocenters. The van der Waals surface area contributed by atoms with Crippen LogP contribution >= 0.6 is 15.9 Å². The van der Waals surface area contributed by atoms with Gasteiger partial charge in [-0.15, -0.1) is 0 Å². The van der Waals surface area contributed by atoms with Gasteiger partial charge in [0.15, 0.2) is 0 Å². The summed E-state index contributed by atoms with van der Waals surface area (Å²) >= 11 is 3.33. The highest BCUT2D eigenvalue weighted by Crippen LogP contribution is 2.23. The first-order chi connectivity index (χ1) is 11.6. The molecule has 0 aliphatic rings. The normalized spacial score (nSPS) is 13.3. The van der Waals surface area contributed by atoms with E-state index in [0.717, 1.165) is 48.9 Å². The number of alkyl halides is 1. The van der Waals surface area contributed by atoms with E-state index >= 15 is 0 Å². The van der Waals surface area contributed by atoms with Crippen LogP contribution in [0.4, 0.5) is 5.69 Å². The van der Waals surface area contributed by atoms with Crippen LogP contribution < -0.4 is 10.1 Å². The van der Waals surface area contributed by atoms with Gasteiger partial charge in [0, 0.05) is 17.6 Å². The van der Waals surface area contributed by atoms with Crippen LogP contribution in [-0.4, -0.2) is 30.1 Å². The van der Waals surface area contributed by atoms with E-state index in [9.17, 15) is 4.79 Å². The highest BCUT2D eigenvalue weighted by atomic mass is 79.9. The minimum absolute atomic E-state index is 0.0822. The van der Waals surface area contributed by atoms with E-state index in [-0.39, 0.29) is 5.91 Å². The first kappa shape index (κ1) is 21.0. The van der Waals surface area contributed by atoms with Crippen molar-refractivity contribution < 1.29 is 14.3 Å². The molecule has 1 rings (SSSR count). The van der Waals surface area contributed by atoms with E-state index in [1.807, 2.05) is 31.2 Å². The number of carbonyl (C=O) groups is 1. The lowest BCUT2D eigenvalue weighted by Gasteiger charge is -2.28. The third-order valence-electron chi connectivity index (χ3n) is 3.82. The molecule has 0 aromatic heterocycles. The SMILES string of the molecule is CCCCCC(C)(OCCC)C(=O)Nc1ccc(OCCBr)cc1. The van der Waals surface area contributed by atoms with Gasteiger partial charge in [-0.2, -0.15) is 0 Å². The molecule has 136 valence electrons. The van der Waals surface area contributed by atoms with E-state index in [2.05, 4.69) is 35.1 Å². The van der Waals surface area contributed by atoms with Crippen LogP contribution in [0.1, 0.15) is 52.9 Å². The van der Waals surface area contributed by atoms with Gasteiger partial charge in [-0.25, -0.2) is 0 Å². The van der Waals surface area contributed by atoms with Gasteiger partial charge in [0.25, 0.3) is 5.91 Å². The number of rotatable bonds is 12. The van der Waals surface area contributed by atoms with Gasteiger partial charge >= 0.3 is 0 Å². The molecule has 0 saturated carbocycles. The molecule has 0 fully saturated rings. The fraction of sp³-hybridized carbons (Fsp3) is 0.632. The van der Waals surface area contributed by atoms with Crippen molar-refractivity contribution in [3.63, 3.8) is 0 Å². The third kappa shape index (κ3) is 7.22. The highest BCUT2D eigenvalue weighted by Gasteiger charge is 2.33. The Hall–Kier alpha value is -1.07. The van der Waals surface area contributed by atoms with E-state index in [1.165, 1.54) is 0 Å². The topological polar surface area (TPSA) is 47.6 Å². The fourth-order valence-electron chi connectivity index (χ4n) is 2.35. The van der Waals surface area contributed by atoms with Crippen LogP contribution in [0.15, 0.2) is 24.3 Å². The number of amides is 1. The zero-order chi connectivity index (χ0) is 17.8. The smallest absolute Gasteiger partial charge is 0.256 e. The summed E-state index contributed by atoms with van der Waals surface area (Å²) in [5.74, 6) is 0.710. The fourth-order valence-corrected chi connectivity index (χ4v) is 2.51. The van der Waals surface area contributed by atoms with Gasteiger partial charge in [0.05, 0.1) is 6.61 Å². The third-order valence-corrected chi connectivity index (χ3v) is 4.14. The van der Waals surface area contributed by atoms with Crippen LogP contribution in [0, 0.1) is 0 Å². The van der Waals surface area contributed by atoms with Gasteiger partial charge in [-0.3, -0.25) is 4.79 Å². The van der Waals surface area contributed by atoms with Crippen molar-refractivity contribution >= 4 is 27.5 Å². The largest absolute Gasteiger partial charge is 0.493 e. The number of benzene rings is 1. The van der Waals surface area contributed by atoms with Crippen LogP contribution in [-0.2, 0) is 9.53 Å². The van der Waals surface area contributed by atoms with E-state index in [1.54, 1.807) is 0 Å². The van der Waals surface area contributed by atoms with Crippen molar-refractivity contribution in [3.05, 3.63) is 24.3 Å². The number of unbranched alkanes of at least 4 members (excludes halogenated alkanes) is 2. The molecule has 0 aliphatic carbocycles. The van der Waals surface area contributed by atoms with Crippen molar-refractivity contribution in [1.29, 1.82) is 0 Å². The molecule has 0 heterocycles. The maximum absolute atomic E-state index is 12.7. The quantitative estimate of drug-likeness (QED) is 0.389. The molecule has 0 bridgehead atoms. The molecule has 0 radical (unpaired) electrons. The van der Waals surface area contributed by atoms with E-state index in [0.29, 0.717) is 13.2 Å². The van der Waals surface area contributed by atoms with Crippen LogP contribution in [0.3, 0.4) is 0 Å². The molecule has 1 amide bonds. The summed E-state index contributed by atoms with van der Waals surface area (Å²) in [7, 11) is 0. The standard InChI is InChI=1S/C19H30BrNO3/c1-4-6-7-12-19(3,24-14-5-2)18(22)21-16-8-10-17(11-9-16)23-15-13-20/h8-11H,4-7,12-15H2,1-3H3,(H,21,22). The van der Waals surface area contributed by atoms with Gasteiger partial charge < -0.3 is 14.8 Å². The monoisotopic (exact) mass is 399 g/mol. The number of carbonyl (C=O) groups excluding carboxylic acids is 1. The Morgan fingerprint density at radius 3 is 2.42 bits per heavy atom. The summed E-state index contributed by atoms with van der Waals surface area (Å²) in [6.45, 7) is 7.31. The number of hydrogen-bond acceptors (Lipinski definition) is 3. The summed E-state index contributed by atoms with van der Waals surface area (Å²) in [5, 5.41) is 3.76. The first-order valence-electron chi connectivity index (χ1n) is 8.80. The van der Waals surface area contributed by atoms with Crippen LogP contribution in [0.2, 0.25) is 0 Å². The van der Waals surface area contributed by atoms with Crippen molar-refractivity contribution in [3.8, 4) is 5.75 Å². The molecule has 1 atom stereocenters. The van der Waals surface area contributed by atoms with Gasteiger partial charge in [-0.1, -0.05) is 49.0 Å². The van der Waals surface area contributed by atoms with E-state index < -0.39 is 5.60 Å². The molecule has 5 heteroatoms. The molecule has 24 heavy (non-hydrogen) atoms. The van der Waals surface area contributed by atoms with E-state index in [4.69, 9.17) is 9.47 Å². The molecule has 1 aromatic carbocycles. The summed E-state index contributed by atoms with van der Waals surface area (Å²) in [6.07, 6.45) is 4.86. The highest BCUT2D eigenvalue weighted by molar-refractivity contribution is 9.09. The van der Waals surface area contributed by atoms with Crippen molar-refractivity contribution in [2.45, 2.75) is 58.5 Å². The predicted octanol–water partition coefficient (Wildman–Crippen LogP) is 5.16. The Bertz CT molecular complexity index is 478. The van der Waals surface area contributed by atoms with Crippen molar-refractivity contribution in [1.82, 2.24) is 0 Å².